The number of hydrogen-bond donors (Lipinski definition) is 1. The fraction of sp³-hybridized carbons (Fsp3) is 0.875. The van der Waals surface area contributed by atoms with Gasteiger partial charge in [-0.15, -0.1) is 0 Å². The molecule has 1 N–H and O–H groups in total. The fourth-order valence-electron chi connectivity index (χ4n) is 0.670. The molecule has 0 aromatic carbocycles. The molecule has 0 fully saturated rings. The Kier molecular flexibility index (Phi) is 4.11. The monoisotopic (exact) mass is 159 g/mol. The third-order valence-corrected chi connectivity index (χ3v) is 1.02. The quantitative estimate of drug-likeness (QED) is 0.633. The maximum Gasteiger partial charge on any atom is 0.244 e. The molecule has 0 aliphatic rings. The first-order valence-electron chi connectivity index (χ1n) is 3.86. The van der Waals surface area contributed by atoms with Crippen molar-refractivity contribution in [3.05, 3.63) is 0 Å². The van der Waals surface area contributed by atoms with Gasteiger partial charge in [-0.05, 0) is 12.3 Å². The fourth-order valence-corrected chi connectivity index (χ4v) is 0.670. The van der Waals surface area contributed by atoms with Gasteiger partial charge < -0.3 is 0 Å². The zero-order chi connectivity index (χ0) is 8.91. The summed E-state index contributed by atoms with van der Waals surface area (Å²) >= 11 is 0. The highest BCUT2D eigenvalue weighted by Crippen LogP contribution is 2.17. The van der Waals surface area contributed by atoms with Crippen LogP contribution in [0.3, 0.4) is 0 Å². The van der Waals surface area contributed by atoms with E-state index in [4.69, 9.17) is 4.84 Å². The Morgan fingerprint density at radius 1 is 1.45 bits per heavy atom. The van der Waals surface area contributed by atoms with Crippen LogP contribution in [0.4, 0.5) is 0 Å². The average Bonchev–Trinajstić information content (AvgIpc) is 1.79. The first-order valence-corrected chi connectivity index (χ1v) is 3.86. The van der Waals surface area contributed by atoms with E-state index < -0.39 is 0 Å². The van der Waals surface area contributed by atoms with Crippen LogP contribution in [0.1, 0.15) is 34.1 Å². The van der Waals surface area contributed by atoms with Gasteiger partial charge >= 0.3 is 0 Å². The molecule has 1 amide bonds. The van der Waals surface area contributed by atoms with Crippen molar-refractivity contribution in [2.75, 3.05) is 6.61 Å². The average molecular weight is 159 g/mol. The normalized spacial score (nSPS) is 11.3. The lowest BCUT2D eigenvalue weighted by Crippen LogP contribution is -2.27. The third kappa shape index (κ3) is 7.33. The highest BCUT2D eigenvalue weighted by molar-refractivity contribution is 5.75. The van der Waals surface area contributed by atoms with Crippen molar-refractivity contribution >= 4 is 5.91 Å². The molecule has 0 saturated carbocycles. The summed E-state index contributed by atoms with van der Waals surface area (Å²) in [7, 11) is 0. The largest absolute Gasteiger partial charge is 0.274 e. The Hall–Kier alpha value is -0.570. The summed E-state index contributed by atoms with van der Waals surface area (Å²) in [6, 6.07) is 0. The highest BCUT2D eigenvalue weighted by atomic mass is 16.6. The number of hydroxylamine groups is 1. The van der Waals surface area contributed by atoms with E-state index in [0.29, 0.717) is 13.0 Å². The first-order chi connectivity index (χ1) is 4.95. The number of rotatable bonds is 3. The molecule has 3 heteroatoms. The van der Waals surface area contributed by atoms with Gasteiger partial charge in [-0.1, -0.05) is 20.8 Å². The van der Waals surface area contributed by atoms with Crippen molar-refractivity contribution in [3.8, 4) is 0 Å². The van der Waals surface area contributed by atoms with Crippen LogP contribution in [-0.4, -0.2) is 12.5 Å². The molecule has 0 rings (SSSR count). The first kappa shape index (κ1) is 10.4. The summed E-state index contributed by atoms with van der Waals surface area (Å²) in [5, 5.41) is 0. The van der Waals surface area contributed by atoms with Gasteiger partial charge in [-0.2, -0.15) is 0 Å². The van der Waals surface area contributed by atoms with Crippen LogP contribution in [0.5, 0.6) is 0 Å². The van der Waals surface area contributed by atoms with E-state index >= 15 is 0 Å². The summed E-state index contributed by atoms with van der Waals surface area (Å²) in [5.41, 5.74) is 2.38. The van der Waals surface area contributed by atoms with E-state index in [-0.39, 0.29) is 11.3 Å². The lowest BCUT2D eigenvalue weighted by molar-refractivity contribution is -0.135. The number of carbonyl (C=O) groups is 1. The van der Waals surface area contributed by atoms with Gasteiger partial charge in [0.05, 0.1) is 6.61 Å². The molecule has 0 heterocycles. The van der Waals surface area contributed by atoms with Crippen LogP contribution in [0, 0.1) is 5.41 Å². The number of amides is 1. The van der Waals surface area contributed by atoms with Crippen molar-refractivity contribution in [3.63, 3.8) is 0 Å². The smallest absolute Gasteiger partial charge is 0.244 e. The summed E-state index contributed by atoms with van der Waals surface area (Å²) < 4.78 is 0. The van der Waals surface area contributed by atoms with Gasteiger partial charge in [0.25, 0.3) is 0 Å². The molecule has 3 nitrogen and oxygen atoms in total. The van der Waals surface area contributed by atoms with Gasteiger partial charge in [-0.3, -0.25) is 9.63 Å². The Bertz CT molecular complexity index is 127. The van der Waals surface area contributed by atoms with Crippen LogP contribution in [-0.2, 0) is 9.63 Å². The van der Waals surface area contributed by atoms with Gasteiger partial charge in [0, 0.05) is 6.42 Å². The molecular formula is C8H17NO2. The minimum atomic E-state index is -0.0562. The molecule has 0 atom stereocenters. The van der Waals surface area contributed by atoms with Crippen molar-refractivity contribution in [2.45, 2.75) is 34.1 Å². The lowest BCUT2D eigenvalue weighted by atomic mass is 9.92. The second-order valence-electron chi connectivity index (χ2n) is 3.70. The zero-order valence-electron chi connectivity index (χ0n) is 7.73. The molecule has 0 spiro atoms. The highest BCUT2D eigenvalue weighted by Gasteiger charge is 2.15. The molecule has 0 saturated heterocycles. The van der Waals surface area contributed by atoms with Crippen molar-refractivity contribution in [1.29, 1.82) is 0 Å². The van der Waals surface area contributed by atoms with Gasteiger partial charge in [0.15, 0.2) is 0 Å². The second kappa shape index (κ2) is 4.34. The third-order valence-electron chi connectivity index (χ3n) is 1.02. The predicted molar refractivity (Wildman–Crippen MR) is 43.8 cm³/mol. The van der Waals surface area contributed by atoms with E-state index in [0.717, 1.165) is 0 Å². The minimum absolute atomic E-state index is 0.0290. The van der Waals surface area contributed by atoms with Crippen molar-refractivity contribution in [2.24, 2.45) is 5.41 Å². The standard InChI is InChI=1S/C8H17NO2/c1-5-11-9-7(10)6-8(2,3)4/h5-6H2,1-4H3,(H,9,10). The van der Waals surface area contributed by atoms with Crippen molar-refractivity contribution in [1.82, 2.24) is 5.48 Å². The van der Waals surface area contributed by atoms with E-state index in [9.17, 15) is 4.79 Å². The molecule has 0 aromatic rings. The molecule has 0 bridgehead atoms. The Morgan fingerprint density at radius 3 is 2.36 bits per heavy atom. The molecule has 0 aromatic heterocycles. The van der Waals surface area contributed by atoms with Gasteiger partial charge in [0.1, 0.15) is 0 Å². The Balaban J connectivity index is 3.53. The zero-order valence-corrected chi connectivity index (χ0v) is 7.73. The van der Waals surface area contributed by atoms with Crippen LogP contribution in [0.15, 0.2) is 0 Å². The van der Waals surface area contributed by atoms with Crippen LogP contribution in [0.2, 0.25) is 0 Å². The van der Waals surface area contributed by atoms with Crippen molar-refractivity contribution < 1.29 is 9.63 Å². The summed E-state index contributed by atoms with van der Waals surface area (Å²) in [6.45, 7) is 8.38. The molecule has 0 unspecified atom stereocenters. The summed E-state index contributed by atoms with van der Waals surface area (Å²) in [4.78, 5) is 15.7. The van der Waals surface area contributed by atoms with Crippen LogP contribution >= 0.6 is 0 Å². The topological polar surface area (TPSA) is 38.3 Å². The molecule has 0 aliphatic carbocycles. The lowest BCUT2D eigenvalue weighted by Gasteiger charge is -2.16. The number of hydrogen-bond acceptors (Lipinski definition) is 2. The summed E-state index contributed by atoms with van der Waals surface area (Å²) in [5.74, 6) is -0.0562. The Labute approximate surface area is 68.1 Å². The van der Waals surface area contributed by atoms with E-state index in [1.54, 1.807) is 0 Å². The van der Waals surface area contributed by atoms with Gasteiger partial charge in [0.2, 0.25) is 5.91 Å². The van der Waals surface area contributed by atoms with E-state index in [2.05, 4.69) is 5.48 Å². The maximum atomic E-state index is 11.0. The number of nitrogens with one attached hydrogen (secondary N) is 1. The van der Waals surface area contributed by atoms with Crippen LogP contribution in [0.25, 0.3) is 0 Å². The second-order valence-corrected chi connectivity index (χ2v) is 3.70. The maximum absolute atomic E-state index is 11.0. The van der Waals surface area contributed by atoms with E-state index in [1.807, 2.05) is 27.7 Å². The molecule has 66 valence electrons. The number of carbonyl (C=O) groups excluding carboxylic acids is 1. The van der Waals surface area contributed by atoms with Crippen LogP contribution < -0.4 is 5.48 Å². The predicted octanol–water partition coefficient (Wildman–Crippen LogP) is 1.49. The van der Waals surface area contributed by atoms with E-state index in [1.165, 1.54) is 0 Å². The molecule has 11 heavy (non-hydrogen) atoms. The Morgan fingerprint density at radius 2 is 2.00 bits per heavy atom. The SMILES string of the molecule is CCONC(=O)CC(C)(C)C. The van der Waals surface area contributed by atoms with Gasteiger partial charge in [-0.25, -0.2) is 5.48 Å². The minimum Gasteiger partial charge on any atom is -0.274 e. The molecular weight excluding hydrogens is 142 g/mol. The summed E-state index contributed by atoms with van der Waals surface area (Å²) in [6.07, 6.45) is 0.493. The molecule has 0 aliphatic heterocycles. The molecule has 0 radical (unpaired) electrons.